The van der Waals surface area contributed by atoms with Gasteiger partial charge < -0.3 is 11.1 Å². The van der Waals surface area contributed by atoms with Crippen molar-refractivity contribution in [2.45, 2.75) is 25.4 Å². The second kappa shape index (κ2) is 3.42. The summed E-state index contributed by atoms with van der Waals surface area (Å²) in [6, 6.07) is 5.97. The van der Waals surface area contributed by atoms with Gasteiger partial charge in [0.2, 0.25) is 0 Å². The van der Waals surface area contributed by atoms with E-state index >= 15 is 0 Å². The van der Waals surface area contributed by atoms with Crippen LogP contribution in [0.3, 0.4) is 0 Å². The molecule has 1 atom stereocenters. The number of aliphatic imine (C=N–C) groups is 1. The molecule has 0 fully saturated rings. The standard InChI is InChI=1S/C12H13N3O/c13-11-12(16)15-9-6-2-4-7-3-1-5-8(14-11)10(7)9/h2,4,6,11H,1,3,5,13H2,(H,15,16). The van der Waals surface area contributed by atoms with Gasteiger partial charge in [-0.25, -0.2) is 0 Å². The van der Waals surface area contributed by atoms with Crippen LogP contribution >= 0.6 is 0 Å². The first-order chi connectivity index (χ1) is 7.75. The number of aryl methyl sites for hydroxylation is 1. The number of carbonyl (C=O) groups is 1. The number of benzene rings is 1. The maximum atomic E-state index is 11.6. The minimum Gasteiger partial charge on any atom is -0.322 e. The summed E-state index contributed by atoms with van der Waals surface area (Å²) in [5, 5.41) is 2.83. The molecule has 0 saturated heterocycles. The van der Waals surface area contributed by atoms with Crippen molar-refractivity contribution in [1.82, 2.24) is 0 Å². The van der Waals surface area contributed by atoms with Crippen molar-refractivity contribution in [3.05, 3.63) is 29.3 Å². The summed E-state index contributed by atoms with van der Waals surface area (Å²) >= 11 is 0. The van der Waals surface area contributed by atoms with E-state index in [1.165, 1.54) is 5.56 Å². The fourth-order valence-corrected chi connectivity index (χ4v) is 2.39. The van der Waals surface area contributed by atoms with E-state index in [0.29, 0.717) is 0 Å². The highest BCUT2D eigenvalue weighted by molar-refractivity contribution is 6.13. The highest BCUT2D eigenvalue weighted by atomic mass is 16.2. The lowest BCUT2D eigenvalue weighted by Crippen LogP contribution is -2.33. The predicted molar refractivity (Wildman–Crippen MR) is 62.5 cm³/mol. The van der Waals surface area contributed by atoms with E-state index in [2.05, 4.69) is 16.4 Å². The molecule has 1 aromatic rings. The van der Waals surface area contributed by atoms with E-state index in [1.807, 2.05) is 12.1 Å². The normalized spacial score (nSPS) is 22.9. The number of anilines is 1. The average Bonchev–Trinajstić information content (AvgIpc) is 2.40. The Hall–Kier alpha value is -1.68. The topological polar surface area (TPSA) is 67.5 Å². The molecule has 0 radical (unpaired) electrons. The quantitative estimate of drug-likeness (QED) is 0.679. The summed E-state index contributed by atoms with van der Waals surface area (Å²) in [6.07, 6.45) is 2.27. The number of hydrogen-bond acceptors (Lipinski definition) is 3. The molecule has 0 saturated carbocycles. The molecular weight excluding hydrogens is 202 g/mol. The summed E-state index contributed by atoms with van der Waals surface area (Å²) in [5.41, 5.74) is 9.88. The molecule has 0 aromatic heterocycles. The SMILES string of the molecule is NC1N=C2CCCc3cccc(c32)NC1=O. The van der Waals surface area contributed by atoms with Gasteiger partial charge in [-0.05, 0) is 30.9 Å². The number of nitrogens with two attached hydrogens (primary N) is 1. The Balaban J connectivity index is 2.24. The minimum atomic E-state index is -0.770. The Morgan fingerprint density at radius 3 is 3.12 bits per heavy atom. The molecule has 1 aliphatic heterocycles. The monoisotopic (exact) mass is 215 g/mol. The van der Waals surface area contributed by atoms with Crippen molar-refractivity contribution in [1.29, 1.82) is 0 Å². The Labute approximate surface area is 93.6 Å². The van der Waals surface area contributed by atoms with E-state index in [9.17, 15) is 4.79 Å². The molecule has 82 valence electrons. The average molecular weight is 215 g/mol. The van der Waals surface area contributed by atoms with Gasteiger partial charge in [0.1, 0.15) is 0 Å². The number of nitrogens with one attached hydrogen (secondary N) is 1. The summed E-state index contributed by atoms with van der Waals surface area (Å²) in [6.45, 7) is 0. The second-order valence-electron chi connectivity index (χ2n) is 4.20. The number of hydrogen-bond donors (Lipinski definition) is 2. The van der Waals surface area contributed by atoms with Crippen molar-refractivity contribution in [3.8, 4) is 0 Å². The first kappa shape index (κ1) is 9.54. The van der Waals surface area contributed by atoms with Crippen LogP contribution in [0.15, 0.2) is 23.2 Å². The van der Waals surface area contributed by atoms with Crippen LogP contribution in [0.1, 0.15) is 24.0 Å². The zero-order valence-electron chi connectivity index (χ0n) is 8.86. The van der Waals surface area contributed by atoms with Gasteiger partial charge in [0, 0.05) is 11.3 Å². The third kappa shape index (κ3) is 1.34. The molecule has 0 spiro atoms. The van der Waals surface area contributed by atoms with Crippen molar-refractivity contribution in [3.63, 3.8) is 0 Å². The molecule has 0 bridgehead atoms. The molecule has 1 unspecified atom stereocenters. The highest BCUT2D eigenvalue weighted by Gasteiger charge is 2.25. The van der Waals surface area contributed by atoms with Gasteiger partial charge in [-0.1, -0.05) is 12.1 Å². The van der Waals surface area contributed by atoms with Gasteiger partial charge in [-0.3, -0.25) is 9.79 Å². The van der Waals surface area contributed by atoms with Gasteiger partial charge in [0.05, 0.1) is 5.69 Å². The van der Waals surface area contributed by atoms with Gasteiger partial charge in [-0.2, -0.15) is 0 Å². The predicted octanol–water partition coefficient (Wildman–Crippen LogP) is 1.05. The van der Waals surface area contributed by atoms with E-state index in [1.54, 1.807) is 0 Å². The molecule has 4 nitrogen and oxygen atoms in total. The van der Waals surface area contributed by atoms with Crippen LogP contribution in [-0.4, -0.2) is 17.8 Å². The van der Waals surface area contributed by atoms with Gasteiger partial charge in [0.25, 0.3) is 5.91 Å². The lowest BCUT2D eigenvalue weighted by atomic mass is 9.89. The number of carbonyl (C=O) groups excluding carboxylic acids is 1. The Bertz CT molecular complexity index is 493. The summed E-state index contributed by atoms with van der Waals surface area (Å²) in [7, 11) is 0. The van der Waals surface area contributed by atoms with Crippen molar-refractivity contribution >= 4 is 17.3 Å². The number of rotatable bonds is 0. The smallest absolute Gasteiger partial charge is 0.263 e. The molecule has 16 heavy (non-hydrogen) atoms. The van der Waals surface area contributed by atoms with Crippen LogP contribution in [0.5, 0.6) is 0 Å². The number of amides is 1. The van der Waals surface area contributed by atoms with E-state index in [0.717, 1.165) is 36.2 Å². The fraction of sp³-hybridized carbons (Fsp3) is 0.333. The largest absolute Gasteiger partial charge is 0.322 e. The molecule has 4 heteroatoms. The molecule has 3 N–H and O–H groups in total. The minimum absolute atomic E-state index is 0.227. The van der Waals surface area contributed by atoms with Crippen LogP contribution in [0.2, 0.25) is 0 Å². The lowest BCUT2D eigenvalue weighted by Gasteiger charge is -2.19. The van der Waals surface area contributed by atoms with Crippen LogP contribution in [-0.2, 0) is 11.2 Å². The summed E-state index contributed by atoms with van der Waals surface area (Å²) < 4.78 is 0. The lowest BCUT2D eigenvalue weighted by molar-refractivity contribution is -0.117. The molecular formula is C12H13N3O. The van der Waals surface area contributed by atoms with E-state index < -0.39 is 6.17 Å². The highest BCUT2D eigenvalue weighted by Crippen LogP contribution is 2.30. The zero-order chi connectivity index (χ0) is 11.1. The first-order valence-electron chi connectivity index (χ1n) is 5.51. The molecule has 1 aromatic carbocycles. The van der Waals surface area contributed by atoms with E-state index in [-0.39, 0.29) is 5.91 Å². The summed E-state index contributed by atoms with van der Waals surface area (Å²) in [4.78, 5) is 15.9. The molecule has 1 aliphatic carbocycles. The zero-order valence-corrected chi connectivity index (χ0v) is 8.86. The van der Waals surface area contributed by atoms with Crippen LogP contribution < -0.4 is 11.1 Å². The molecule has 1 heterocycles. The van der Waals surface area contributed by atoms with Crippen LogP contribution in [0, 0.1) is 0 Å². The van der Waals surface area contributed by atoms with Gasteiger partial charge in [0.15, 0.2) is 6.17 Å². The number of nitrogens with zero attached hydrogens (tertiary/aromatic N) is 1. The second-order valence-corrected chi connectivity index (χ2v) is 4.20. The molecule has 1 amide bonds. The first-order valence-corrected chi connectivity index (χ1v) is 5.51. The summed E-state index contributed by atoms with van der Waals surface area (Å²) in [5.74, 6) is -0.227. The maximum absolute atomic E-state index is 11.6. The van der Waals surface area contributed by atoms with Gasteiger partial charge in [-0.15, -0.1) is 0 Å². The van der Waals surface area contributed by atoms with Crippen molar-refractivity contribution in [2.75, 3.05) is 5.32 Å². The van der Waals surface area contributed by atoms with Gasteiger partial charge >= 0.3 is 0 Å². The van der Waals surface area contributed by atoms with E-state index in [4.69, 9.17) is 5.73 Å². The van der Waals surface area contributed by atoms with Crippen LogP contribution in [0.25, 0.3) is 0 Å². The van der Waals surface area contributed by atoms with Crippen LogP contribution in [0.4, 0.5) is 5.69 Å². The fourth-order valence-electron chi connectivity index (χ4n) is 2.39. The van der Waals surface area contributed by atoms with Crippen molar-refractivity contribution in [2.24, 2.45) is 10.7 Å². The third-order valence-corrected chi connectivity index (χ3v) is 3.12. The Kier molecular flexibility index (Phi) is 2.04. The molecule has 3 rings (SSSR count). The Morgan fingerprint density at radius 2 is 2.25 bits per heavy atom. The third-order valence-electron chi connectivity index (χ3n) is 3.12. The molecule has 2 aliphatic rings. The van der Waals surface area contributed by atoms with Crippen molar-refractivity contribution < 1.29 is 4.79 Å². The Morgan fingerprint density at radius 1 is 1.38 bits per heavy atom. The maximum Gasteiger partial charge on any atom is 0.263 e.